The first kappa shape index (κ1) is 18.4. The molecule has 1 N–H and O–H groups in total. The number of hydrogen-bond donors (Lipinski definition) is 1. The minimum absolute atomic E-state index is 0.175. The largest absolute Gasteiger partial charge is 0.492 e. The molecule has 0 atom stereocenters. The highest BCUT2D eigenvalue weighted by Gasteiger charge is 2.19. The number of unbranched alkanes of at least 4 members (excludes halogenated alkanes) is 2. The third-order valence-corrected chi connectivity index (χ3v) is 5.02. The Labute approximate surface area is 144 Å². The van der Waals surface area contributed by atoms with Gasteiger partial charge in [-0.05, 0) is 42.7 Å². The van der Waals surface area contributed by atoms with Crippen molar-refractivity contribution >= 4 is 10.0 Å². The molecule has 0 bridgehead atoms. The number of aryl methyl sites for hydroxylation is 1. The van der Waals surface area contributed by atoms with Gasteiger partial charge >= 0.3 is 0 Å². The van der Waals surface area contributed by atoms with Crippen LogP contribution < -0.4 is 9.46 Å². The number of sulfonamides is 1. The lowest BCUT2D eigenvalue weighted by molar-refractivity contribution is 0.298. The first-order valence-corrected chi connectivity index (χ1v) is 9.63. The molecule has 1 heterocycles. The molecule has 130 valence electrons. The molecule has 0 aliphatic heterocycles. The first-order chi connectivity index (χ1) is 11.5. The molecule has 0 radical (unpaired) electrons. The van der Waals surface area contributed by atoms with Crippen molar-refractivity contribution in [2.45, 2.75) is 44.6 Å². The number of hydrogen-bond acceptors (Lipinski definition) is 4. The number of ether oxygens (including phenoxy) is 1. The minimum atomic E-state index is -3.65. The Morgan fingerprint density at radius 1 is 1.21 bits per heavy atom. The van der Waals surface area contributed by atoms with Crippen LogP contribution in [0, 0.1) is 6.92 Å². The summed E-state index contributed by atoms with van der Waals surface area (Å²) in [6.07, 6.45) is 6.36. The second-order valence-electron chi connectivity index (χ2n) is 5.69. The zero-order valence-electron chi connectivity index (χ0n) is 14.2. The van der Waals surface area contributed by atoms with Crippen LogP contribution in [0.3, 0.4) is 0 Å². The molecule has 0 unspecified atom stereocenters. The number of pyridine rings is 1. The molecule has 6 heteroatoms. The summed E-state index contributed by atoms with van der Waals surface area (Å²) >= 11 is 0. The van der Waals surface area contributed by atoms with Gasteiger partial charge in [0.15, 0.2) is 0 Å². The van der Waals surface area contributed by atoms with Crippen LogP contribution >= 0.6 is 0 Å². The molecule has 1 aromatic heterocycles. The summed E-state index contributed by atoms with van der Waals surface area (Å²) in [5, 5.41) is 0. The van der Waals surface area contributed by atoms with E-state index in [2.05, 4.69) is 16.6 Å². The molecule has 0 aliphatic rings. The Balaban J connectivity index is 2.13. The standard InChI is InChI=1S/C18H24N2O3S/c1-3-4-5-11-23-17-12-15(2)8-9-18(17)24(21,22)20-14-16-7-6-10-19-13-16/h6-10,12-13,20H,3-5,11,14H2,1-2H3. The molecule has 2 rings (SSSR count). The maximum Gasteiger partial charge on any atom is 0.244 e. The molecular weight excluding hydrogens is 324 g/mol. The van der Waals surface area contributed by atoms with Crippen LogP contribution in [0.1, 0.15) is 37.3 Å². The normalized spacial score (nSPS) is 11.4. The van der Waals surface area contributed by atoms with Crippen molar-refractivity contribution in [3.63, 3.8) is 0 Å². The smallest absolute Gasteiger partial charge is 0.244 e. The van der Waals surface area contributed by atoms with Gasteiger partial charge in [0.1, 0.15) is 10.6 Å². The molecule has 0 aliphatic carbocycles. The van der Waals surface area contributed by atoms with Gasteiger partial charge in [-0.3, -0.25) is 4.98 Å². The number of nitrogens with one attached hydrogen (secondary N) is 1. The predicted octanol–water partition coefficient (Wildman–Crippen LogP) is 3.44. The average molecular weight is 348 g/mol. The fourth-order valence-corrected chi connectivity index (χ4v) is 3.39. The third-order valence-electron chi connectivity index (χ3n) is 3.58. The van der Waals surface area contributed by atoms with Crippen LogP contribution in [-0.4, -0.2) is 20.0 Å². The summed E-state index contributed by atoms with van der Waals surface area (Å²) in [6.45, 7) is 4.74. The molecule has 0 saturated carbocycles. The van der Waals surface area contributed by atoms with Gasteiger partial charge in [0.05, 0.1) is 6.61 Å². The van der Waals surface area contributed by atoms with E-state index in [1.807, 2.05) is 13.0 Å². The van der Waals surface area contributed by atoms with Crippen LogP contribution in [0.5, 0.6) is 5.75 Å². The van der Waals surface area contributed by atoms with Crippen molar-refractivity contribution in [3.8, 4) is 5.75 Å². The van der Waals surface area contributed by atoms with Crippen molar-refractivity contribution < 1.29 is 13.2 Å². The number of benzene rings is 1. The molecular formula is C18H24N2O3S. The van der Waals surface area contributed by atoms with Gasteiger partial charge in [-0.25, -0.2) is 13.1 Å². The lowest BCUT2D eigenvalue weighted by Crippen LogP contribution is -2.24. The zero-order valence-corrected chi connectivity index (χ0v) is 15.0. The quantitative estimate of drug-likeness (QED) is 0.705. The van der Waals surface area contributed by atoms with Crippen molar-refractivity contribution in [1.82, 2.24) is 9.71 Å². The number of nitrogens with zero attached hydrogens (tertiary/aromatic N) is 1. The van der Waals surface area contributed by atoms with Crippen LogP contribution in [0.25, 0.3) is 0 Å². The van der Waals surface area contributed by atoms with Crippen LogP contribution in [-0.2, 0) is 16.6 Å². The average Bonchev–Trinajstić information content (AvgIpc) is 2.58. The lowest BCUT2D eigenvalue weighted by Gasteiger charge is -2.13. The molecule has 24 heavy (non-hydrogen) atoms. The second kappa shape index (κ2) is 8.80. The Kier molecular flexibility index (Phi) is 6.75. The van der Waals surface area contributed by atoms with E-state index < -0.39 is 10.0 Å². The summed E-state index contributed by atoms with van der Waals surface area (Å²) in [4.78, 5) is 4.16. The molecule has 1 aromatic carbocycles. The van der Waals surface area contributed by atoms with E-state index >= 15 is 0 Å². The van der Waals surface area contributed by atoms with Crippen LogP contribution in [0.4, 0.5) is 0 Å². The van der Waals surface area contributed by atoms with Gasteiger partial charge in [-0.2, -0.15) is 0 Å². The SMILES string of the molecule is CCCCCOc1cc(C)ccc1S(=O)(=O)NCc1cccnc1. The van der Waals surface area contributed by atoms with Gasteiger partial charge < -0.3 is 4.74 Å². The lowest BCUT2D eigenvalue weighted by atomic mass is 10.2. The van der Waals surface area contributed by atoms with Crippen molar-refractivity contribution in [2.75, 3.05) is 6.61 Å². The molecule has 0 fully saturated rings. The van der Waals surface area contributed by atoms with E-state index in [4.69, 9.17) is 4.74 Å². The first-order valence-electron chi connectivity index (χ1n) is 8.15. The van der Waals surface area contributed by atoms with Crippen LogP contribution in [0.2, 0.25) is 0 Å². The van der Waals surface area contributed by atoms with E-state index in [0.717, 1.165) is 30.4 Å². The summed E-state index contributed by atoms with van der Waals surface area (Å²) in [7, 11) is -3.65. The van der Waals surface area contributed by atoms with Gasteiger partial charge in [-0.15, -0.1) is 0 Å². The molecule has 2 aromatic rings. The molecule has 0 spiro atoms. The molecule has 0 saturated heterocycles. The van der Waals surface area contributed by atoms with E-state index in [-0.39, 0.29) is 11.4 Å². The van der Waals surface area contributed by atoms with Crippen molar-refractivity contribution in [3.05, 3.63) is 53.9 Å². The fourth-order valence-electron chi connectivity index (χ4n) is 2.24. The minimum Gasteiger partial charge on any atom is -0.492 e. The summed E-state index contributed by atoms with van der Waals surface area (Å²) in [5.74, 6) is 0.407. The summed E-state index contributed by atoms with van der Waals surface area (Å²) in [5.41, 5.74) is 1.77. The van der Waals surface area contributed by atoms with E-state index in [1.165, 1.54) is 0 Å². The fraction of sp³-hybridized carbons (Fsp3) is 0.389. The van der Waals surface area contributed by atoms with Crippen molar-refractivity contribution in [2.24, 2.45) is 0 Å². The van der Waals surface area contributed by atoms with Crippen LogP contribution in [0.15, 0.2) is 47.6 Å². The monoisotopic (exact) mass is 348 g/mol. The van der Waals surface area contributed by atoms with Crippen molar-refractivity contribution in [1.29, 1.82) is 0 Å². The highest BCUT2D eigenvalue weighted by atomic mass is 32.2. The third kappa shape index (κ3) is 5.32. The topological polar surface area (TPSA) is 68.3 Å². The molecule has 5 nitrogen and oxygen atoms in total. The highest BCUT2D eigenvalue weighted by molar-refractivity contribution is 7.89. The zero-order chi connectivity index (χ0) is 17.4. The Bertz CT molecular complexity index is 746. The number of aromatic nitrogens is 1. The van der Waals surface area contributed by atoms with Gasteiger partial charge in [0.2, 0.25) is 10.0 Å². The van der Waals surface area contributed by atoms with E-state index in [9.17, 15) is 8.42 Å². The highest BCUT2D eigenvalue weighted by Crippen LogP contribution is 2.25. The second-order valence-corrected chi connectivity index (χ2v) is 7.43. The summed E-state index contributed by atoms with van der Waals surface area (Å²) < 4.78 is 33.6. The van der Waals surface area contributed by atoms with Gasteiger partial charge in [-0.1, -0.05) is 31.9 Å². The summed E-state index contributed by atoms with van der Waals surface area (Å²) in [6, 6.07) is 8.74. The predicted molar refractivity (Wildman–Crippen MR) is 94.5 cm³/mol. The Morgan fingerprint density at radius 3 is 2.75 bits per heavy atom. The Morgan fingerprint density at radius 2 is 2.04 bits per heavy atom. The van der Waals surface area contributed by atoms with Gasteiger partial charge in [0, 0.05) is 18.9 Å². The van der Waals surface area contributed by atoms with E-state index in [0.29, 0.717) is 12.4 Å². The maximum absolute atomic E-state index is 12.6. The Hall–Kier alpha value is -1.92. The molecule has 0 amide bonds. The maximum atomic E-state index is 12.6. The van der Waals surface area contributed by atoms with Gasteiger partial charge in [0.25, 0.3) is 0 Å². The van der Waals surface area contributed by atoms with E-state index in [1.54, 1.807) is 36.7 Å². The number of rotatable bonds is 9.